The van der Waals surface area contributed by atoms with Crippen LogP contribution in [0.4, 0.5) is 0 Å². The lowest BCUT2D eigenvalue weighted by atomic mass is 10.1. The van der Waals surface area contributed by atoms with Crippen molar-refractivity contribution in [3.05, 3.63) is 97.2 Å². The highest BCUT2D eigenvalue weighted by Crippen LogP contribution is 2.13. The van der Waals surface area contributed by atoms with Crippen LogP contribution in [-0.4, -0.2) is 37.2 Å². The van der Waals surface area contributed by atoms with E-state index >= 15 is 0 Å². The van der Waals surface area contributed by atoms with Crippen LogP contribution in [0.25, 0.3) is 0 Å². The summed E-state index contributed by atoms with van der Waals surface area (Å²) >= 11 is 0. The first kappa shape index (κ1) is 55.3. The van der Waals surface area contributed by atoms with Gasteiger partial charge in [0.15, 0.2) is 6.10 Å². The molecular formula is C53H86O6. The molecule has 0 aromatic heterocycles. The fraction of sp³-hybridized carbons (Fsp3) is 0.642. The van der Waals surface area contributed by atoms with Crippen molar-refractivity contribution in [2.24, 2.45) is 0 Å². The van der Waals surface area contributed by atoms with Crippen LogP contribution < -0.4 is 0 Å². The van der Waals surface area contributed by atoms with Crippen LogP contribution in [0.15, 0.2) is 97.2 Å². The van der Waals surface area contributed by atoms with Crippen LogP contribution in [0.5, 0.6) is 0 Å². The molecule has 0 amide bonds. The Bertz CT molecular complexity index is 1220. The second-order valence-corrected chi connectivity index (χ2v) is 15.3. The Hall–Kier alpha value is -3.67. The molecule has 59 heavy (non-hydrogen) atoms. The Morgan fingerprint density at radius 1 is 0.356 bits per heavy atom. The van der Waals surface area contributed by atoms with E-state index in [0.29, 0.717) is 19.3 Å². The maximum Gasteiger partial charge on any atom is 0.306 e. The van der Waals surface area contributed by atoms with Gasteiger partial charge in [0.25, 0.3) is 0 Å². The normalized spacial score (nSPS) is 12.9. The predicted octanol–water partition coefficient (Wildman–Crippen LogP) is 15.4. The van der Waals surface area contributed by atoms with Crippen molar-refractivity contribution >= 4 is 17.9 Å². The second kappa shape index (κ2) is 47.0. The monoisotopic (exact) mass is 819 g/mol. The summed E-state index contributed by atoms with van der Waals surface area (Å²) in [6.45, 7) is 6.29. The molecule has 0 aliphatic heterocycles. The van der Waals surface area contributed by atoms with Crippen molar-refractivity contribution in [2.45, 2.75) is 207 Å². The first-order valence-electron chi connectivity index (χ1n) is 23.7. The Morgan fingerprint density at radius 3 is 1.10 bits per heavy atom. The molecular weight excluding hydrogens is 733 g/mol. The van der Waals surface area contributed by atoms with E-state index in [1.165, 1.54) is 51.4 Å². The molecule has 1 atom stereocenters. The third kappa shape index (κ3) is 45.3. The molecule has 0 aliphatic rings. The minimum atomic E-state index is -0.818. The van der Waals surface area contributed by atoms with Gasteiger partial charge in [-0.3, -0.25) is 14.4 Å². The summed E-state index contributed by atoms with van der Waals surface area (Å²) in [5, 5.41) is 0. The number of hydrogen-bond acceptors (Lipinski definition) is 6. The zero-order chi connectivity index (χ0) is 43.0. The molecule has 0 aromatic carbocycles. The molecule has 334 valence electrons. The van der Waals surface area contributed by atoms with E-state index in [2.05, 4.69) is 106 Å². The largest absolute Gasteiger partial charge is 0.462 e. The summed E-state index contributed by atoms with van der Waals surface area (Å²) in [5.74, 6) is -1.02. The van der Waals surface area contributed by atoms with Crippen LogP contribution in [0.2, 0.25) is 0 Å². The summed E-state index contributed by atoms with van der Waals surface area (Å²) in [5.41, 5.74) is 0. The summed E-state index contributed by atoms with van der Waals surface area (Å²) in [6, 6.07) is 0. The summed E-state index contributed by atoms with van der Waals surface area (Å²) in [7, 11) is 0. The number of esters is 3. The van der Waals surface area contributed by atoms with Gasteiger partial charge < -0.3 is 14.2 Å². The Morgan fingerprint density at radius 2 is 0.695 bits per heavy atom. The van der Waals surface area contributed by atoms with Gasteiger partial charge in [-0.15, -0.1) is 0 Å². The molecule has 0 saturated heterocycles. The van der Waals surface area contributed by atoms with E-state index in [-0.39, 0.29) is 31.6 Å². The molecule has 6 heteroatoms. The van der Waals surface area contributed by atoms with Crippen LogP contribution in [0, 0.1) is 0 Å². The lowest BCUT2D eigenvalue weighted by Crippen LogP contribution is -2.30. The van der Waals surface area contributed by atoms with Gasteiger partial charge in [-0.2, -0.15) is 0 Å². The van der Waals surface area contributed by atoms with Gasteiger partial charge in [0.1, 0.15) is 13.2 Å². The number of rotatable bonds is 41. The van der Waals surface area contributed by atoms with E-state index in [1.54, 1.807) is 0 Å². The quantitative estimate of drug-likeness (QED) is 0.0265. The first-order valence-corrected chi connectivity index (χ1v) is 23.7. The van der Waals surface area contributed by atoms with Crippen molar-refractivity contribution in [3.63, 3.8) is 0 Å². The third-order valence-electron chi connectivity index (χ3n) is 9.60. The standard InChI is InChI=1S/C53H86O6/c1-4-7-10-13-16-19-21-23-24-25-26-27-28-30-31-34-37-40-43-46-52(55)58-49-50(48-57-51(54)45-42-39-36-33-18-15-12-9-6-3)59-53(56)47-44-41-38-35-32-29-22-20-17-14-11-8-5-2/h7-8,10-11,16-17,19-20,23-24,26-27,29,32,38,41,50H,4-6,9,12-15,18,21-22,25,28,30-31,33-37,39-40,42-49H2,1-3H3/b10-7-,11-8-,19-16-,20-17-,24-23-,27-26-,32-29-,41-38-. The SMILES string of the molecule is CC/C=C\C/C=C\C/C=C\C/C=C\CCCCCCCCC(=O)OCC(COC(=O)CCCCCCCCCCC)OC(=O)CC/C=C\C/C=C\C/C=C\C/C=C\CC. The molecule has 0 radical (unpaired) electrons. The third-order valence-corrected chi connectivity index (χ3v) is 9.60. The van der Waals surface area contributed by atoms with Gasteiger partial charge in [0.05, 0.1) is 0 Å². The van der Waals surface area contributed by atoms with Crippen LogP contribution in [-0.2, 0) is 28.6 Å². The lowest BCUT2D eigenvalue weighted by molar-refractivity contribution is -0.166. The molecule has 0 fully saturated rings. The average molecular weight is 819 g/mol. The minimum Gasteiger partial charge on any atom is -0.462 e. The number of ether oxygens (including phenoxy) is 3. The summed E-state index contributed by atoms with van der Waals surface area (Å²) in [6.07, 6.45) is 61.2. The van der Waals surface area contributed by atoms with E-state index in [1.807, 2.05) is 12.2 Å². The number of carbonyl (C=O) groups is 3. The van der Waals surface area contributed by atoms with E-state index in [9.17, 15) is 14.4 Å². The van der Waals surface area contributed by atoms with Gasteiger partial charge in [-0.25, -0.2) is 0 Å². The van der Waals surface area contributed by atoms with Gasteiger partial charge in [0.2, 0.25) is 0 Å². The first-order chi connectivity index (χ1) is 29.0. The molecule has 0 spiro atoms. The van der Waals surface area contributed by atoms with Gasteiger partial charge >= 0.3 is 17.9 Å². The molecule has 0 N–H and O–H groups in total. The summed E-state index contributed by atoms with van der Waals surface area (Å²) in [4.78, 5) is 37.7. The fourth-order valence-corrected chi connectivity index (χ4v) is 6.09. The van der Waals surface area contributed by atoms with E-state index in [4.69, 9.17) is 14.2 Å². The molecule has 1 unspecified atom stereocenters. The molecule has 0 rings (SSSR count). The van der Waals surface area contributed by atoms with Crippen LogP contribution >= 0.6 is 0 Å². The number of hydrogen-bond donors (Lipinski definition) is 0. The van der Waals surface area contributed by atoms with Crippen LogP contribution in [0.3, 0.4) is 0 Å². The fourth-order valence-electron chi connectivity index (χ4n) is 6.09. The highest BCUT2D eigenvalue weighted by Gasteiger charge is 2.19. The van der Waals surface area contributed by atoms with Crippen molar-refractivity contribution in [1.82, 2.24) is 0 Å². The Kier molecular flexibility index (Phi) is 44.1. The molecule has 0 bridgehead atoms. The highest BCUT2D eigenvalue weighted by molar-refractivity contribution is 5.71. The minimum absolute atomic E-state index is 0.111. The molecule has 0 aromatic rings. The van der Waals surface area contributed by atoms with E-state index in [0.717, 1.165) is 103 Å². The maximum absolute atomic E-state index is 12.7. The number of allylic oxidation sites excluding steroid dienone is 16. The Labute approximate surface area is 362 Å². The van der Waals surface area contributed by atoms with Crippen molar-refractivity contribution in [2.75, 3.05) is 13.2 Å². The van der Waals surface area contributed by atoms with E-state index < -0.39 is 12.1 Å². The highest BCUT2D eigenvalue weighted by atomic mass is 16.6. The molecule has 6 nitrogen and oxygen atoms in total. The number of unbranched alkanes of at least 4 members (excludes halogenated alkanes) is 14. The van der Waals surface area contributed by atoms with Gasteiger partial charge in [0, 0.05) is 19.3 Å². The predicted molar refractivity (Wildman–Crippen MR) is 251 cm³/mol. The van der Waals surface area contributed by atoms with Gasteiger partial charge in [-0.1, -0.05) is 195 Å². The lowest BCUT2D eigenvalue weighted by Gasteiger charge is -2.18. The van der Waals surface area contributed by atoms with Crippen molar-refractivity contribution in [1.29, 1.82) is 0 Å². The molecule has 0 saturated carbocycles. The topological polar surface area (TPSA) is 78.9 Å². The van der Waals surface area contributed by atoms with Gasteiger partial charge in [-0.05, 0) is 83.5 Å². The maximum atomic E-state index is 12.7. The number of carbonyl (C=O) groups excluding carboxylic acids is 3. The van der Waals surface area contributed by atoms with Crippen molar-refractivity contribution < 1.29 is 28.6 Å². The van der Waals surface area contributed by atoms with Crippen LogP contribution in [0.1, 0.15) is 201 Å². The smallest absolute Gasteiger partial charge is 0.306 e. The second-order valence-electron chi connectivity index (χ2n) is 15.3. The Balaban J connectivity index is 4.44. The molecule has 0 aliphatic carbocycles. The van der Waals surface area contributed by atoms with Crippen molar-refractivity contribution in [3.8, 4) is 0 Å². The molecule has 0 heterocycles. The zero-order valence-corrected chi connectivity index (χ0v) is 38.0. The summed E-state index contributed by atoms with van der Waals surface area (Å²) < 4.78 is 16.6. The zero-order valence-electron chi connectivity index (χ0n) is 38.0. The average Bonchev–Trinajstić information content (AvgIpc) is 3.23.